The van der Waals surface area contributed by atoms with E-state index in [1.54, 1.807) is 7.11 Å². The predicted molar refractivity (Wildman–Crippen MR) is 139 cm³/mol. The first kappa shape index (κ1) is 21.9. The SMILES string of the molecule is CNC1C2CCC1N(C(=O)c1cc(OC)c3c(c1)nc(-c1cc4cccnc4n1CC1CC1)n3C)C2. The van der Waals surface area contributed by atoms with Crippen LogP contribution in [0.15, 0.2) is 36.5 Å². The molecule has 2 aliphatic carbocycles. The van der Waals surface area contributed by atoms with Crippen molar-refractivity contribution in [3.8, 4) is 17.3 Å². The van der Waals surface area contributed by atoms with Crippen LogP contribution in [-0.2, 0) is 13.6 Å². The number of piperidine rings is 1. The van der Waals surface area contributed by atoms with Crippen molar-refractivity contribution in [2.45, 2.75) is 44.3 Å². The Bertz CT molecular complexity index is 1500. The summed E-state index contributed by atoms with van der Waals surface area (Å²) in [6.07, 6.45) is 6.64. The van der Waals surface area contributed by atoms with Crippen LogP contribution in [0.4, 0.5) is 0 Å². The molecule has 3 aliphatic rings. The van der Waals surface area contributed by atoms with Crippen molar-refractivity contribution < 1.29 is 9.53 Å². The van der Waals surface area contributed by atoms with E-state index in [-0.39, 0.29) is 11.9 Å². The van der Waals surface area contributed by atoms with Crippen LogP contribution in [0.25, 0.3) is 33.6 Å². The Hall–Kier alpha value is -3.39. The van der Waals surface area contributed by atoms with Crippen LogP contribution in [-0.4, -0.2) is 62.7 Å². The first-order valence-electron chi connectivity index (χ1n) is 13.0. The Labute approximate surface area is 210 Å². The highest BCUT2D eigenvalue weighted by Gasteiger charge is 2.48. The summed E-state index contributed by atoms with van der Waals surface area (Å²) in [6.45, 7) is 1.77. The number of nitrogens with one attached hydrogen (secondary N) is 1. The van der Waals surface area contributed by atoms with E-state index in [4.69, 9.17) is 9.72 Å². The molecule has 2 bridgehead atoms. The molecule has 7 rings (SSSR count). The van der Waals surface area contributed by atoms with Gasteiger partial charge in [-0.05, 0) is 74.9 Å². The molecular formula is C28H32N6O2. The van der Waals surface area contributed by atoms with Crippen molar-refractivity contribution in [3.63, 3.8) is 0 Å². The lowest BCUT2D eigenvalue weighted by molar-refractivity contribution is 0.0698. The summed E-state index contributed by atoms with van der Waals surface area (Å²) in [7, 11) is 5.70. The topological polar surface area (TPSA) is 77.2 Å². The van der Waals surface area contributed by atoms with Gasteiger partial charge in [-0.3, -0.25) is 4.79 Å². The molecule has 3 atom stereocenters. The Morgan fingerprint density at radius 1 is 1.19 bits per heavy atom. The Kier molecular flexibility index (Phi) is 4.90. The quantitative estimate of drug-likeness (QED) is 0.450. The molecule has 8 nitrogen and oxygen atoms in total. The highest BCUT2D eigenvalue weighted by atomic mass is 16.5. The van der Waals surface area contributed by atoms with E-state index in [0.29, 0.717) is 29.2 Å². The number of methoxy groups -OCH3 is 1. The second kappa shape index (κ2) is 8.06. The molecule has 186 valence electrons. The number of rotatable bonds is 6. The fourth-order valence-corrected chi connectivity index (χ4v) is 6.66. The number of likely N-dealkylation sites (N-methyl/N-ethyl adjacent to an activating group) is 1. The van der Waals surface area contributed by atoms with Gasteiger partial charge in [0.05, 0.1) is 18.3 Å². The van der Waals surface area contributed by atoms with E-state index in [0.717, 1.165) is 53.1 Å². The Morgan fingerprint density at radius 2 is 2.06 bits per heavy atom. The highest BCUT2D eigenvalue weighted by Crippen LogP contribution is 2.40. The van der Waals surface area contributed by atoms with Crippen LogP contribution in [0.2, 0.25) is 0 Å². The number of hydrogen-bond donors (Lipinski definition) is 1. The average Bonchev–Trinajstić information content (AvgIpc) is 3.22. The number of carbonyl (C=O) groups excluding carboxylic acids is 1. The van der Waals surface area contributed by atoms with E-state index in [1.165, 1.54) is 19.3 Å². The Balaban J connectivity index is 1.33. The van der Waals surface area contributed by atoms with Crippen LogP contribution >= 0.6 is 0 Å². The van der Waals surface area contributed by atoms with Gasteiger partial charge in [-0.1, -0.05) is 0 Å². The van der Waals surface area contributed by atoms with Crippen molar-refractivity contribution in [1.29, 1.82) is 0 Å². The van der Waals surface area contributed by atoms with E-state index >= 15 is 0 Å². The maximum atomic E-state index is 13.7. The van der Waals surface area contributed by atoms with Crippen LogP contribution < -0.4 is 10.1 Å². The summed E-state index contributed by atoms with van der Waals surface area (Å²) in [5, 5.41) is 4.55. The van der Waals surface area contributed by atoms with Crippen LogP contribution in [0.3, 0.4) is 0 Å². The predicted octanol–water partition coefficient (Wildman–Crippen LogP) is 3.83. The number of fused-ring (bicyclic) bond motifs is 4. The summed E-state index contributed by atoms with van der Waals surface area (Å²) in [5.74, 6) is 2.85. The van der Waals surface area contributed by atoms with Crippen molar-refractivity contribution in [3.05, 3.63) is 42.1 Å². The van der Waals surface area contributed by atoms with E-state index in [1.807, 2.05) is 38.5 Å². The van der Waals surface area contributed by atoms with Crippen LogP contribution in [0.5, 0.6) is 5.75 Å². The third-order valence-electron chi connectivity index (χ3n) is 8.60. The molecule has 1 N–H and O–H groups in total. The van der Waals surface area contributed by atoms with Gasteiger partial charge in [-0.15, -0.1) is 0 Å². The summed E-state index contributed by atoms with van der Waals surface area (Å²) < 4.78 is 10.2. The second-order valence-electron chi connectivity index (χ2n) is 10.7. The molecule has 3 unspecified atom stereocenters. The number of aryl methyl sites for hydroxylation is 1. The third-order valence-corrected chi connectivity index (χ3v) is 8.60. The molecule has 4 heterocycles. The number of pyridine rings is 1. The molecular weight excluding hydrogens is 452 g/mol. The molecule has 36 heavy (non-hydrogen) atoms. The monoisotopic (exact) mass is 484 g/mol. The van der Waals surface area contributed by atoms with Gasteiger partial charge in [0.1, 0.15) is 16.9 Å². The average molecular weight is 485 g/mol. The van der Waals surface area contributed by atoms with E-state index in [9.17, 15) is 4.79 Å². The number of imidazole rings is 1. The lowest BCUT2D eigenvalue weighted by atomic mass is 10.1. The Morgan fingerprint density at radius 3 is 2.81 bits per heavy atom. The zero-order chi connectivity index (χ0) is 24.6. The molecule has 1 saturated heterocycles. The molecule has 4 aromatic rings. The number of nitrogens with zero attached hydrogens (tertiary/aromatic N) is 5. The summed E-state index contributed by atoms with van der Waals surface area (Å²) >= 11 is 0. The van der Waals surface area contributed by atoms with Gasteiger partial charge < -0.3 is 24.1 Å². The fourth-order valence-electron chi connectivity index (χ4n) is 6.66. The van der Waals surface area contributed by atoms with E-state index < -0.39 is 0 Å². The third kappa shape index (κ3) is 3.20. The number of hydrogen-bond acceptors (Lipinski definition) is 5. The molecule has 3 fully saturated rings. The first-order valence-corrected chi connectivity index (χ1v) is 13.0. The molecule has 1 amide bonds. The van der Waals surface area contributed by atoms with Gasteiger partial charge in [0.25, 0.3) is 5.91 Å². The normalized spacial score (nSPS) is 23.3. The second-order valence-corrected chi connectivity index (χ2v) is 10.7. The molecule has 1 aromatic carbocycles. The fraction of sp³-hybridized carbons (Fsp3) is 0.464. The molecule has 2 saturated carbocycles. The number of carbonyl (C=O) groups is 1. The maximum absolute atomic E-state index is 13.7. The molecule has 0 spiro atoms. The lowest BCUT2D eigenvalue weighted by Gasteiger charge is -2.27. The van der Waals surface area contributed by atoms with Crippen LogP contribution in [0, 0.1) is 11.8 Å². The zero-order valence-electron chi connectivity index (χ0n) is 21.1. The highest BCUT2D eigenvalue weighted by molar-refractivity contribution is 6.00. The van der Waals surface area contributed by atoms with Crippen molar-refractivity contribution in [2.24, 2.45) is 18.9 Å². The van der Waals surface area contributed by atoms with Crippen molar-refractivity contribution in [2.75, 3.05) is 20.7 Å². The molecule has 3 aromatic heterocycles. The number of aromatic nitrogens is 4. The summed E-state index contributed by atoms with van der Waals surface area (Å²) in [6, 6.07) is 10.8. The standard InChI is InChI=1S/C28H32N6O2/c1-29-24-18-8-9-21(24)34(15-18)28(35)19-11-20-25(23(13-19)36-3)32(2)27(31-20)22-12-17-5-4-10-30-26(17)33(22)14-16-6-7-16/h4-5,10-13,16,18,21,24,29H,6-9,14-15H2,1-3H3. The first-order chi connectivity index (χ1) is 17.6. The van der Waals surface area contributed by atoms with Gasteiger partial charge in [0, 0.05) is 49.4 Å². The van der Waals surface area contributed by atoms with Crippen LogP contribution in [0.1, 0.15) is 36.0 Å². The lowest BCUT2D eigenvalue weighted by Crippen LogP contribution is -2.42. The van der Waals surface area contributed by atoms with Gasteiger partial charge in [0.15, 0.2) is 5.82 Å². The molecule has 0 radical (unpaired) electrons. The van der Waals surface area contributed by atoms with Crippen molar-refractivity contribution in [1.82, 2.24) is 29.3 Å². The van der Waals surface area contributed by atoms with Crippen molar-refractivity contribution >= 4 is 28.0 Å². The van der Waals surface area contributed by atoms with Gasteiger partial charge >= 0.3 is 0 Å². The van der Waals surface area contributed by atoms with Gasteiger partial charge in [-0.25, -0.2) is 9.97 Å². The minimum absolute atomic E-state index is 0.0712. The zero-order valence-corrected chi connectivity index (χ0v) is 21.1. The number of benzene rings is 1. The minimum atomic E-state index is 0.0712. The number of ether oxygens (including phenoxy) is 1. The minimum Gasteiger partial charge on any atom is -0.494 e. The molecule has 1 aliphatic heterocycles. The maximum Gasteiger partial charge on any atom is 0.254 e. The summed E-state index contributed by atoms with van der Waals surface area (Å²) in [5.41, 5.74) is 4.37. The smallest absolute Gasteiger partial charge is 0.254 e. The van der Waals surface area contributed by atoms with Gasteiger partial charge in [-0.2, -0.15) is 0 Å². The van der Waals surface area contributed by atoms with E-state index in [2.05, 4.69) is 36.5 Å². The molecule has 8 heteroatoms. The summed E-state index contributed by atoms with van der Waals surface area (Å²) in [4.78, 5) is 25.5. The van der Waals surface area contributed by atoms with Gasteiger partial charge in [0.2, 0.25) is 0 Å². The number of amides is 1. The largest absolute Gasteiger partial charge is 0.494 e. The number of likely N-dealkylation sites (tertiary alicyclic amines) is 1.